The Bertz CT molecular complexity index is 510. The van der Waals surface area contributed by atoms with E-state index in [2.05, 4.69) is 0 Å². The van der Waals surface area contributed by atoms with E-state index in [4.69, 9.17) is 5.73 Å². The molecule has 2 rings (SSSR count). The summed E-state index contributed by atoms with van der Waals surface area (Å²) in [5.74, 6) is -0.746. The normalized spacial score (nSPS) is 18.2. The first-order valence-corrected chi connectivity index (χ1v) is 7.01. The fourth-order valence-electron chi connectivity index (χ4n) is 1.96. The molecule has 1 aromatic rings. The smallest absolute Gasteiger partial charge is 0.246 e. The number of sulfonamides is 1. The van der Waals surface area contributed by atoms with Crippen molar-refractivity contribution in [3.8, 4) is 0 Å². The zero-order valence-corrected chi connectivity index (χ0v) is 10.2. The minimum Gasteiger partial charge on any atom is -0.399 e. The number of benzene rings is 1. The molecule has 1 aromatic carbocycles. The summed E-state index contributed by atoms with van der Waals surface area (Å²) in [6.45, 7) is 0.910. The van der Waals surface area contributed by atoms with Crippen molar-refractivity contribution >= 4 is 15.7 Å². The van der Waals surface area contributed by atoms with Crippen LogP contribution in [0.1, 0.15) is 19.3 Å². The van der Waals surface area contributed by atoms with Crippen molar-refractivity contribution in [3.63, 3.8) is 0 Å². The minimum absolute atomic E-state index is 0.252. The summed E-state index contributed by atoms with van der Waals surface area (Å²) in [4.78, 5) is -0.320. The van der Waals surface area contributed by atoms with Gasteiger partial charge in [-0.05, 0) is 31.0 Å². The Morgan fingerprint density at radius 3 is 2.47 bits per heavy atom. The van der Waals surface area contributed by atoms with Gasteiger partial charge < -0.3 is 5.73 Å². The van der Waals surface area contributed by atoms with Crippen molar-refractivity contribution in [1.29, 1.82) is 0 Å². The Hall–Kier alpha value is -1.14. The van der Waals surface area contributed by atoms with Crippen molar-refractivity contribution in [1.82, 2.24) is 4.31 Å². The van der Waals surface area contributed by atoms with E-state index in [1.54, 1.807) is 0 Å². The Morgan fingerprint density at radius 1 is 1.18 bits per heavy atom. The molecule has 0 unspecified atom stereocenters. The number of rotatable bonds is 2. The van der Waals surface area contributed by atoms with Crippen molar-refractivity contribution in [2.24, 2.45) is 0 Å². The van der Waals surface area contributed by atoms with E-state index in [1.165, 1.54) is 16.4 Å². The molecule has 2 N–H and O–H groups in total. The van der Waals surface area contributed by atoms with E-state index >= 15 is 0 Å². The third kappa shape index (κ3) is 2.42. The second-order valence-electron chi connectivity index (χ2n) is 4.15. The van der Waals surface area contributed by atoms with Gasteiger partial charge in [0, 0.05) is 18.8 Å². The van der Waals surface area contributed by atoms with Gasteiger partial charge in [0.1, 0.15) is 10.7 Å². The van der Waals surface area contributed by atoms with Crippen LogP contribution >= 0.6 is 0 Å². The highest BCUT2D eigenvalue weighted by Crippen LogP contribution is 2.24. The van der Waals surface area contributed by atoms with Gasteiger partial charge in [-0.25, -0.2) is 12.8 Å². The van der Waals surface area contributed by atoms with Crippen LogP contribution in [-0.4, -0.2) is 25.8 Å². The lowest BCUT2D eigenvalue weighted by molar-refractivity contribution is 0.345. The summed E-state index contributed by atoms with van der Waals surface area (Å²) >= 11 is 0. The number of hydrogen-bond donors (Lipinski definition) is 1. The number of piperidine rings is 1. The molecular formula is C11H15FN2O2S. The van der Waals surface area contributed by atoms with E-state index in [-0.39, 0.29) is 10.6 Å². The number of nitrogens with two attached hydrogens (primary N) is 1. The number of nitrogens with zero attached hydrogens (tertiary/aromatic N) is 1. The largest absolute Gasteiger partial charge is 0.399 e. The van der Waals surface area contributed by atoms with Crippen molar-refractivity contribution in [3.05, 3.63) is 24.0 Å². The molecular weight excluding hydrogens is 243 g/mol. The summed E-state index contributed by atoms with van der Waals surface area (Å²) < 4.78 is 39.3. The van der Waals surface area contributed by atoms with E-state index in [1.807, 2.05) is 0 Å². The molecule has 0 amide bonds. The third-order valence-corrected chi connectivity index (χ3v) is 4.80. The van der Waals surface area contributed by atoms with Gasteiger partial charge in [-0.2, -0.15) is 4.31 Å². The second-order valence-corrected chi connectivity index (χ2v) is 6.06. The van der Waals surface area contributed by atoms with Gasteiger partial charge in [0.15, 0.2) is 0 Å². The number of anilines is 1. The van der Waals surface area contributed by atoms with Crippen molar-refractivity contribution in [2.75, 3.05) is 18.8 Å². The molecule has 1 aliphatic rings. The SMILES string of the molecule is Nc1ccc(F)c(S(=O)(=O)N2CCCCC2)c1. The molecule has 0 radical (unpaired) electrons. The maximum absolute atomic E-state index is 13.6. The van der Waals surface area contributed by atoms with Gasteiger partial charge in [-0.15, -0.1) is 0 Å². The lowest BCUT2D eigenvalue weighted by Crippen LogP contribution is -2.36. The van der Waals surface area contributed by atoms with Gasteiger partial charge in [0.2, 0.25) is 10.0 Å². The maximum Gasteiger partial charge on any atom is 0.246 e. The first-order valence-electron chi connectivity index (χ1n) is 5.57. The van der Waals surface area contributed by atoms with Gasteiger partial charge in [-0.3, -0.25) is 0 Å². The van der Waals surface area contributed by atoms with E-state index < -0.39 is 15.8 Å². The summed E-state index contributed by atoms with van der Waals surface area (Å²) in [7, 11) is -3.74. The van der Waals surface area contributed by atoms with Crippen LogP contribution < -0.4 is 5.73 Å². The van der Waals surface area contributed by atoms with Crippen LogP contribution in [0.4, 0.5) is 10.1 Å². The average Bonchev–Trinajstić information content (AvgIpc) is 2.33. The highest BCUT2D eigenvalue weighted by molar-refractivity contribution is 7.89. The molecule has 0 spiro atoms. The second kappa shape index (κ2) is 4.62. The van der Waals surface area contributed by atoms with Crippen LogP contribution in [0.3, 0.4) is 0 Å². The molecule has 1 aliphatic heterocycles. The lowest BCUT2D eigenvalue weighted by Gasteiger charge is -2.26. The summed E-state index contributed by atoms with van der Waals surface area (Å²) in [6.07, 6.45) is 2.66. The molecule has 94 valence electrons. The maximum atomic E-state index is 13.6. The van der Waals surface area contributed by atoms with Gasteiger partial charge in [0.05, 0.1) is 0 Å². The molecule has 4 nitrogen and oxygen atoms in total. The van der Waals surface area contributed by atoms with E-state index in [0.29, 0.717) is 13.1 Å². The molecule has 1 heterocycles. The average molecular weight is 258 g/mol. The van der Waals surface area contributed by atoms with Gasteiger partial charge in [0.25, 0.3) is 0 Å². The Kier molecular flexibility index (Phi) is 3.35. The zero-order chi connectivity index (χ0) is 12.5. The molecule has 0 bridgehead atoms. The highest BCUT2D eigenvalue weighted by atomic mass is 32.2. The molecule has 6 heteroatoms. The molecule has 0 aromatic heterocycles. The predicted molar refractivity (Wildman–Crippen MR) is 63.4 cm³/mol. The predicted octanol–water partition coefficient (Wildman–Crippen LogP) is 1.58. The third-order valence-electron chi connectivity index (χ3n) is 2.89. The molecule has 0 saturated carbocycles. The molecule has 1 fully saturated rings. The van der Waals surface area contributed by atoms with Crippen molar-refractivity contribution in [2.45, 2.75) is 24.2 Å². The summed E-state index contributed by atoms with van der Waals surface area (Å²) in [5, 5.41) is 0. The van der Waals surface area contributed by atoms with Crippen LogP contribution in [0.5, 0.6) is 0 Å². The monoisotopic (exact) mass is 258 g/mol. The van der Waals surface area contributed by atoms with Crippen LogP contribution in [0.15, 0.2) is 23.1 Å². The van der Waals surface area contributed by atoms with Gasteiger partial charge >= 0.3 is 0 Å². The molecule has 1 saturated heterocycles. The summed E-state index contributed by atoms with van der Waals surface area (Å²) in [6, 6.07) is 3.62. The molecule has 17 heavy (non-hydrogen) atoms. The standard InChI is InChI=1S/C11H15FN2O2S/c12-10-5-4-9(13)8-11(10)17(15,16)14-6-2-1-3-7-14/h4-5,8H,1-3,6-7,13H2. The first kappa shape index (κ1) is 12.3. The zero-order valence-electron chi connectivity index (χ0n) is 9.39. The Balaban J connectivity index is 2.40. The number of nitrogen functional groups attached to an aromatic ring is 1. The first-order chi connectivity index (χ1) is 8.01. The topological polar surface area (TPSA) is 63.4 Å². The molecule has 0 atom stereocenters. The fourth-order valence-corrected chi connectivity index (χ4v) is 3.58. The molecule has 0 aliphatic carbocycles. The minimum atomic E-state index is -3.74. The Morgan fingerprint density at radius 2 is 1.82 bits per heavy atom. The van der Waals surface area contributed by atoms with Crippen LogP contribution in [0.2, 0.25) is 0 Å². The number of hydrogen-bond acceptors (Lipinski definition) is 3. The number of halogens is 1. The quantitative estimate of drug-likeness (QED) is 0.819. The fraction of sp³-hybridized carbons (Fsp3) is 0.455. The van der Waals surface area contributed by atoms with E-state index in [0.717, 1.165) is 25.3 Å². The van der Waals surface area contributed by atoms with Crippen LogP contribution in [0.25, 0.3) is 0 Å². The van der Waals surface area contributed by atoms with Crippen LogP contribution in [-0.2, 0) is 10.0 Å². The Labute approximate surface area is 100 Å². The van der Waals surface area contributed by atoms with Crippen LogP contribution in [0, 0.1) is 5.82 Å². The van der Waals surface area contributed by atoms with Gasteiger partial charge in [-0.1, -0.05) is 6.42 Å². The highest BCUT2D eigenvalue weighted by Gasteiger charge is 2.28. The van der Waals surface area contributed by atoms with E-state index in [9.17, 15) is 12.8 Å². The summed E-state index contributed by atoms with van der Waals surface area (Å²) in [5.41, 5.74) is 5.76. The lowest BCUT2D eigenvalue weighted by atomic mass is 10.2. The van der Waals surface area contributed by atoms with Crippen molar-refractivity contribution < 1.29 is 12.8 Å².